The highest BCUT2D eigenvalue weighted by molar-refractivity contribution is 6.30. The number of hydrogen-bond acceptors (Lipinski definition) is 4. The van der Waals surface area contributed by atoms with Gasteiger partial charge >= 0.3 is 0 Å². The van der Waals surface area contributed by atoms with Gasteiger partial charge in [-0.15, -0.1) is 0 Å². The summed E-state index contributed by atoms with van der Waals surface area (Å²) in [5.74, 6) is -3.39. The number of halogens is 3. The lowest BCUT2D eigenvalue weighted by Gasteiger charge is -2.12. The standard InChI is InChI=1S/C18H12ClF2N3O/c19-12-3-1-10(2-4-12)15-6-5-13(9-23-15)24-17-11(8-22)7-14(20)18(25)16(17)21/h1-9,22,24-25H. The Labute approximate surface area is 147 Å². The molecule has 0 aliphatic heterocycles. The predicted octanol–water partition coefficient (Wildman–Crippen LogP) is 5.13. The van der Waals surface area contributed by atoms with Crippen molar-refractivity contribution in [3.63, 3.8) is 0 Å². The van der Waals surface area contributed by atoms with Gasteiger partial charge in [-0.05, 0) is 30.3 Å². The summed E-state index contributed by atoms with van der Waals surface area (Å²) in [5, 5.41) is 20.0. The second kappa shape index (κ2) is 6.86. The fourth-order valence-corrected chi connectivity index (χ4v) is 2.40. The Kier molecular flexibility index (Phi) is 4.63. The van der Waals surface area contributed by atoms with Crippen molar-refractivity contribution in [2.75, 3.05) is 5.32 Å². The molecule has 0 fully saturated rings. The Morgan fingerprint density at radius 2 is 1.84 bits per heavy atom. The zero-order valence-corrected chi connectivity index (χ0v) is 13.5. The van der Waals surface area contributed by atoms with Crippen molar-refractivity contribution in [2.24, 2.45) is 0 Å². The lowest BCUT2D eigenvalue weighted by atomic mass is 10.1. The Balaban J connectivity index is 1.91. The minimum Gasteiger partial charge on any atom is -0.503 e. The Bertz CT molecular complexity index is 929. The van der Waals surface area contributed by atoms with E-state index in [1.54, 1.807) is 24.3 Å². The van der Waals surface area contributed by atoms with Crippen LogP contribution in [0.25, 0.3) is 11.3 Å². The predicted molar refractivity (Wildman–Crippen MR) is 93.9 cm³/mol. The molecule has 25 heavy (non-hydrogen) atoms. The van der Waals surface area contributed by atoms with Crippen molar-refractivity contribution in [3.05, 3.63) is 70.9 Å². The quantitative estimate of drug-likeness (QED) is 0.566. The van der Waals surface area contributed by atoms with Crippen LogP contribution in [-0.2, 0) is 0 Å². The summed E-state index contributed by atoms with van der Waals surface area (Å²) in [5.41, 5.74) is 1.74. The van der Waals surface area contributed by atoms with Gasteiger partial charge in [-0.1, -0.05) is 23.7 Å². The average Bonchev–Trinajstić information content (AvgIpc) is 2.63. The summed E-state index contributed by atoms with van der Waals surface area (Å²) in [6.45, 7) is 0. The third-order valence-corrected chi connectivity index (χ3v) is 3.80. The first-order valence-electron chi connectivity index (χ1n) is 7.20. The van der Waals surface area contributed by atoms with Crippen LogP contribution >= 0.6 is 11.6 Å². The highest BCUT2D eigenvalue weighted by atomic mass is 35.5. The van der Waals surface area contributed by atoms with E-state index in [-0.39, 0.29) is 11.3 Å². The lowest BCUT2D eigenvalue weighted by Crippen LogP contribution is -2.01. The van der Waals surface area contributed by atoms with E-state index in [0.29, 0.717) is 16.4 Å². The van der Waals surface area contributed by atoms with Crippen LogP contribution in [0.2, 0.25) is 5.02 Å². The Morgan fingerprint density at radius 3 is 2.44 bits per heavy atom. The summed E-state index contributed by atoms with van der Waals surface area (Å²) >= 11 is 5.85. The molecule has 0 aliphatic rings. The first kappa shape index (κ1) is 16.9. The molecule has 3 N–H and O–H groups in total. The van der Waals surface area contributed by atoms with Crippen LogP contribution in [0.4, 0.5) is 20.2 Å². The molecule has 2 aromatic carbocycles. The van der Waals surface area contributed by atoms with Crippen LogP contribution < -0.4 is 5.32 Å². The molecule has 0 bridgehead atoms. The third-order valence-electron chi connectivity index (χ3n) is 3.55. The minimum absolute atomic E-state index is 0.0328. The summed E-state index contributed by atoms with van der Waals surface area (Å²) < 4.78 is 27.5. The van der Waals surface area contributed by atoms with Crippen LogP contribution in [0.1, 0.15) is 5.56 Å². The molecular formula is C18H12ClF2N3O. The summed E-state index contributed by atoms with van der Waals surface area (Å²) in [6.07, 6.45) is 2.26. The van der Waals surface area contributed by atoms with Crippen LogP contribution in [0.15, 0.2) is 48.7 Å². The maximum absolute atomic E-state index is 14.1. The molecule has 0 aliphatic carbocycles. The van der Waals surface area contributed by atoms with Crippen molar-refractivity contribution < 1.29 is 13.9 Å². The molecule has 3 rings (SSSR count). The van der Waals surface area contributed by atoms with E-state index in [1.165, 1.54) is 6.20 Å². The number of rotatable bonds is 4. The van der Waals surface area contributed by atoms with Crippen molar-refractivity contribution in [2.45, 2.75) is 0 Å². The Morgan fingerprint density at radius 1 is 1.12 bits per heavy atom. The van der Waals surface area contributed by atoms with E-state index in [4.69, 9.17) is 17.0 Å². The molecular weight excluding hydrogens is 348 g/mol. The number of aromatic nitrogens is 1. The van der Waals surface area contributed by atoms with Crippen molar-refractivity contribution in [1.82, 2.24) is 4.98 Å². The van der Waals surface area contributed by atoms with E-state index in [9.17, 15) is 13.9 Å². The first-order valence-corrected chi connectivity index (χ1v) is 7.58. The number of nitrogens with one attached hydrogen (secondary N) is 2. The normalized spacial score (nSPS) is 10.5. The molecule has 0 spiro atoms. The molecule has 4 nitrogen and oxygen atoms in total. The van der Waals surface area contributed by atoms with Gasteiger partial charge in [0.05, 0.1) is 23.3 Å². The van der Waals surface area contributed by atoms with Crippen LogP contribution in [0.3, 0.4) is 0 Å². The average molecular weight is 360 g/mol. The summed E-state index contributed by atoms with van der Waals surface area (Å²) in [7, 11) is 0. The highest BCUT2D eigenvalue weighted by Gasteiger charge is 2.17. The number of nitrogens with zero attached hydrogens (tertiary/aromatic N) is 1. The van der Waals surface area contributed by atoms with Gasteiger partial charge in [0.2, 0.25) is 0 Å². The van der Waals surface area contributed by atoms with E-state index in [2.05, 4.69) is 10.3 Å². The van der Waals surface area contributed by atoms with Gasteiger partial charge in [0, 0.05) is 22.4 Å². The maximum Gasteiger partial charge on any atom is 0.191 e. The van der Waals surface area contributed by atoms with Gasteiger partial charge in [0.15, 0.2) is 17.4 Å². The van der Waals surface area contributed by atoms with Gasteiger partial charge in [-0.2, -0.15) is 0 Å². The van der Waals surface area contributed by atoms with Crippen LogP contribution in [-0.4, -0.2) is 16.3 Å². The molecule has 0 saturated heterocycles. The zero-order chi connectivity index (χ0) is 18.0. The first-order chi connectivity index (χ1) is 12.0. The zero-order valence-electron chi connectivity index (χ0n) is 12.7. The summed E-state index contributed by atoms with van der Waals surface area (Å²) in [4.78, 5) is 4.28. The second-order valence-electron chi connectivity index (χ2n) is 5.19. The monoisotopic (exact) mass is 359 g/mol. The number of anilines is 2. The molecule has 1 heterocycles. The topological polar surface area (TPSA) is 69.0 Å². The SMILES string of the molecule is N=Cc1cc(F)c(O)c(F)c1Nc1ccc(-c2ccc(Cl)cc2)nc1. The van der Waals surface area contributed by atoms with Gasteiger partial charge in [0.1, 0.15) is 0 Å². The molecule has 0 radical (unpaired) electrons. The minimum atomic E-state index is -1.17. The number of pyridine rings is 1. The molecule has 7 heteroatoms. The van der Waals surface area contributed by atoms with Gasteiger partial charge in [-0.25, -0.2) is 8.78 Å². The van der Waals surface area contributed by atoms with E-state index in [1.807, 2.05) is 12.1 Å². The van der Waals surface area contributed by atoms with Crippen molar-refractivity contribution >= 4 is 29.2 Å². The van der Waals surface area contributed by atoms with Crippen molar-refractivity contribution in [3.8, 4) is 17.0 Å². The molecule has 1 aromatic heterocycles. The number of phenolic OH excluding ortho intramolecular Hbond substituents is 1. The molecule has 0 saturated carbocycles. The summed E-state index contributed by atoms with van der Waals surface area (Å²) in [6, 6.07) is 11.4. The molecule has 0 unspecified atom stereocenters. The van der Waals surface area contributed by atoms with Gasteiger partial charge < -0.3 is 15.8 Å². The van der Waals surface area contributed by atoms with E-state index in [0.717, 1.165) is 17.8 Å². The fraction of sp³-hybridized carbons (Fsp3) is 0. The number of benzene rings is 2. The molecule has 126 valence electrons. The molecule has 0 amide bonds. The smallest absolute Gasteiger partial charge is 0.191 e. The Hall–Kier alpha value is -2.99. The van der Waals surface area contributed by atoms with Crippen LogP contribution in [0, 0.1) is 17.0 Å². The van der Waals surface area contributed by atoms with E-state index >= 15 is 0 Å². The number of phenols is 1. The lowest BCUT2D eigenvalue weighted by molar-refractivity contribution is 0.397. The maximum atomic E-state index is 14.1. The van der Waals surface area contributed by atoms with Crippen LogP contribution in [0.5, 0.6) is 5.75 Å². The van der Waals surface area contributed by atoms with E-state index < -0.39 is 17.4 Å². The third kappa shape index (κ3) is 3.44. The molecule has 0 atom stereocenters. The second-order valence-corrected chi connectivity index (χ2v) is 5.63. The number of hydrogen-bond donors (Lipinski definition) is 3. The largest absolute Gasteiger partial charge is 0.503 e. The fourth-order valence-electron chi connectivity index (χ4n) is 2.27. The van der Waals surface area contributed by atoms with Crippen molar-refractivity contribution in [1.29, 1.82) is 5.41 Å². The number of aromatic hydroxyl groups is 1. The molecule has 3 aromatic rings. The van der Waals surface area contributed by atoms with Gasteiger partial charge in [0.25, 0.3) is 0 Å². The van der Waals surface area contributed by atoms with Gasteiger partial charge in [-0.3, -0.25) is 4.98 Å². The highest BCUT2D eigenvalue weighted by Crippen LogP contribution is 2.32.